The SMILES string of the molecule is C=CCN(C(=O)COC(=O)/C=C/c1ccccc1)c1nc(-c2ccccc2)cs1. The fourth-order valence-corrected chi connectivity index (χ4v) is 3.39. The molecule has 0 aliphatic rings. The first-order chi connectivity index (χ1) is 14.2. The number of anilines is 1. The van der Waals surface area contributed by atoms with Crippen LogP contribution in [0.2, 0.25) is 0 Å². The van der Waals surface area contributed by atoms with Gasteiger partial charge >= 0.3 is 5.97 Å². The van der Waals surface area contributed by atoms with Gasteiger partial charge in [0.25, 0.3) is 5.91 Å². The van der Waals surface area contributed by atoms with E-state index in [1.165, 1.54) is 22.3 Å². The van der Waals surface area contributed by atoms with Crippen molar-refractivity contribution in [3.05, 3.63) is 90.3 Å². The smallest absolute Gasteiger partial charge is 0.331 e. The van der Waals surface area contributed by atoms with Gasteiger partial charge < -0.3 is 4.74 Å². The second-order valence-corrected chi connectivity index (χ2v) is 6.86. The van der Waals surface area contributed by atoms with Gasteiger partial charge in [-0.05, 0) is 11.6 Å². The fraction of sp³-hybridized carbons (Fsp3) is 0.0870. The summed E-state index contributed by atoms with van der Waals surface area (Å²) in [6.45, 7) is 3.60. The Kier molecular flexibility index (Phi) is 7.08. The highest BCUT2D eigenvalue weighted by molar-refractivity contribution is 7.14. The summed E-state index contributed by atoms with van der Waals surface area (Å²) in [4.78, 5) is 30.5. The molecule has 0 N–H and O–H groups in total. The Labute approximate surface area is 173 Å². The van der Waals surface area contributed by atoms with Crippen molar-refractivity contribution in [1.82, 2.24) is 4.98 Å². The van der Waals surface area contributed by atoms with Crippen LogP contribution in [-0.4, -0.2) is 30.0 Å². The molecule has 0 aliphatic carbocycles. The van der Waals surface area contributed by atoms with Gasteiger partial charge in [-0.3, -0.25) is 9.69 Å². The van der Waals surface area contributed by atoms with E-state index < -0.39 is 5.97 Å². The third-order valence-electron chi connectivity index (χ3n) is 3.95. The van der Waals surface area contributed by atoms with Crippen LogP contribution in [0.5, 0.6) is 0 Å². The van der Waals surface area contributed by atoms with Gasteiger partial charge in [-0.25, -0.2) is 9.78 Å². The number of thiazole rings is 1. The van der Waals surface area contributed by atoms with Crippen molar-refractivity contribution in [1.29, 1.82) is 0 Å². The molecular weight excluding hydrogens is 384 g/mol. The highest BCUT2D eigenvalue weighted by Gasteiger charge is 2.19. The zero-order valence-electron chi connectivity index (χ0n) is 15.7. The summed E-state index contributed by atoms with van der Waals surface area (Å²) in [5.74, 6) is -0.940. The van der Waals surface area contributed by atoms with Crippen LogP contribution >= 0.6 is 11.3 Å². The van der Waals surface area contributed by atoms with E-state index in [2.05, 4.69) is 11.6 Å². The van der Waals surface area contributed by atoms with Crippen molar-refractivity contribution in [3.63, 3.8) is 0 Å². The molecule has 0 aliphatic heterocycles. The quantitative estimate of drug-likeness (QED) is 0.313. The molecule has 1 amide bonds. The van der Waals surface area contributed by atoms with E-state index in [0.29, 0.717) is 5.13 Å². The van der Waals surface area contributed by atoms with Gasteiger partial charge in [0.1, 0.15) is 0 Å². The average Bonchev–Trinajstić information content (AvgIpc) is 3.25. The van der Waals surface area contributed by atoms with E-state index in [9.17, 15) is 9.59 Å². The summed E-state index contributed by atoms with van der Waals surface area (Å²) in [5.41, 5.74) is 2.63. The molecule has 0 saturated carbocycles. The van der Waals surface area contributed by atoms with Crippen molar-refractivity contribution < 1.29 is 14.3 Å². The Balaban J connectivity index is 1.62. The van der Waals surface area contributed by atoms with Crippen LogP contribution in [0, 0.1) is 0 Å². The Morgan fingerprint density at radius 2 is 1.76 bits per heavy atom. The average molecular weight is 404 g/mol. The molecule has 3 rings (SSSR count). The third-order valence-corrected chi connectivity index (χ3v) is 4.82. The number of benzene rings is 2. The molecule has 0 saturated heterocycles. The summed E-state index contributed by atoms with van der Waals surface area (Å²) in [5, 5.41) is 2.42. The highest BCUT2D eigenvalue weighted by Crippen LogP contribution is 2.27. The van der Waals surface area contributed by atoms with Crippen LogP contribution in [0.1, 0.15) is 5.56 Å². The Morgan fingerprint density at radius 1 is 1.07 bits per heavy atom. The number of ether oxygens (including phenoxy) is 1. The van der Waals surface area contributed by atoms with Crippen molar-refractivity contribution in [2.75, 3.05) is 18.1 Å². The van der Waals surface area contributed by atoms with E-state index in [-0.39, 0.29) is 19.1 Å². The maximum absolute atomic E-state index is 12.6. The molecule has 0 fully saturated rings. The summed E-state index contributed by atoms with van der Waals surface area (Å²) >= 11 is 1.35. The first-order valence-electron chi connectivity index (χ1n) is 8.99. The Hall–Kier alpha value is -3.51. The number of carbonyl (C=O) groups is 2. The van der Waals surface area contributed by atoms with E-state index in [1.54, 1.807) is 12.2 Å². The lowest BCUT2D eigenvalue weighted by atomic mass is 10.2. The monoisotopic (exact) mass is 404 g/mol. The molecule has 1 heterocycles. The number of amides is 1. The molecule has 5 nitrogen and oxygen atoms in total. The molecular formula is C23H20N2O3S. The summed E-state index contributed by atoms with van der Waals surface area (Å²) in [6.07, 6.45) is 4.55. The zero-order valence-corrected chi connectivity index (χ0v) is 16.5. The second-order valence-electron chi connectivity index (χ2n) is 6.03. The molecule has 0 spiro atoms. The number of carbonyl (C=O) groups excluding carboxylic acids is 2. The predicted octanol–water partition coefficient (Wildman–Crippen LogP) is 4.59. The van der Waals surface area contributed by atoms with E-state index >= 15 is 0 Å². The Morgan fingerprint density at radius 3 is 2.45 bits per heavy atom. The topological polar surface area (TPSA) is 59.5 Å². The number of nitrogens with zero attached hydrogens (tertiary/aromatic N) is 2. The van der Waals surface area contributed by atoms with Gasteiger partial charge in [0.05, 0.1) is 5.69 Å². The highest BCUT2D eigenvalue weighted by atomic mass is 32.1. The van der Waals surface area contributed by atoms with Gasteiger partial charge in [-0.1, -0.05) is 66.7 Å². The lowest BCUT2D eigenvalue weighted by Gasteiger charge is -2.17. The summed E-state index contributed by atoms with van der Waals surface area (Å²) < 4.78 is 5.09. The fourth-order valence-electron chi connectivity index (χ4n) is 2.53. The molecule has 0 bridgehead atoms. The van der Waals surface area contributed by atoms with Crippen LogP contribution in [0.4, 0.5) is 5.13 Å². The lowest BCUT2D eigenvalue weighted by molar-refractivity contribution is -0.142. The second kappa shape index (κ2) is 10.1. The molecule has 6 heteroatoms. The van der Waals surface area contributed by atoms with Crippen LogP contribution in [0.25, 0.3) is 17.3 Å². The molecule has 146 valence electrons. The predicted molar refractivity (Wildman–Crippen MR) is 117 cm³/mol. The van der Waals surface area contributed by atoms with Gasteiger partial charge in [-0.15, -0.1) is 17.9 Å². The van der Waals surface area contributed by atoms with Crippen LogP contribution in [0.3, 0.4) is 0 Å². The summed E-state index contributed by atoms with van der Waals surface area (Å²) in [7, 11) is 0. The maximum Gasteiger partial charge on any atom is 0.331 e. The normalized spacial score (nSPS) is 10.6. The van der Waals surface area contributed by atoms with Crippen LogP contribution < -0.4 is 4.90 Å². The van der Waals surface area contributed by atoms with Gasteiger partial charge in [0.15, 0.2) is 11.7 Å². The van der Waals surface area contributed by atoms with Gasteiger partial charge in [0, 0.05) is 23.6 Å². The van der Waals surface area contributed by atoms with E-state index in [0.717, 1.165) is 16.8 Å². The summed E-state index contributed by atoms with van der Waals surface area (Å²) in [6, 6.07) is 19.1. The minimum atomic E-state index is -0.579. The molecule has 1 aromatic heterocycles. The Bertz CT molecular complexity index is 997. The molecule has 0 atom stereocenters. The molecule has 0 radical (unpaired) electrons. The molecule has 3 aromatic rings. The lowest BCUT2D eigenvalue weighted by Crippen LogP contribution is -2.34. The van der Waals surface area contributed by atoms with E-state index in [1.807, 2.05) is 66.0 Å². The molecule has 0 unspecified atom stereocenters. The first-order valence-corrected chi connectivity index (χ1v) is 9.87. The van der Waals surface area contributed by atoms with Crippen molar-refractivity contribution in [2.24, 2.45) is 0 Å². The number of esters is 1. The van der Waals surface area contributed by atoms with Gasteiger partial charge in [-0.2, -0.15) is 0 Å². The standard InChI is InChI=1S/C23H20N2O3S/c1-2-15-25(23-24-20(17-29-23)19-11-7-4-8-12-19)21(26)16-28-22(27)14-13-18-9-5-3-6-10-18/h2-14,17H,1,15-16H2/b14-13+. The largest absolute Gasteiger partial charge is 0.452 e. The molecule has 29 heavy (non-hydrogen) atoms. The number of rotatable bonds is 8. The molecule has 2 aromatic carbocycles. The van der Waals surface area contributed by atoms with Gasteiger partial charge in [0.2, 0.25) is 0 Å². The van der Waals surface area contributed by atoms with Crippen LogP contribution in [-0.2, 0) is 14.3 Å². The number of hydrogen-bond donors (Lipinski definition) is 0. The minimum absolute atomic E-state index is 0.276. The van der Waals surface area contributed by atoms with Crippen molar-refractivity contribution >= 4 is 34.4 Å². The minimum Gasteiger partial charge on any atom is -0.452 e. The number of hydrogen-bond acceptors (Lipinski definition) is 5. The first kappa shape index (κ1) is 20.2. The van der Waals surface area contributed by atoms with Crippen molar-refractivity contribution in [2.45, 2.75) is 0 Å². The van der Waals surface area contributed by atoms with E-state index in [4.69, 9.17) is 4.74 Å². The van der Waals surface area contributed by atoms with Crippen LogP contribution in [0.15, 0.2) is 84.8 Å². The zero-order chi connectivity index (χ0) is 20.5. The van der Waals surface area contributed by atoms with Crippen molar-refractivity contribution in [3.8, 4) is 11.3 Å². The third kappa shape index (κ3) is 5.73. The number of aromatic nitrogens is 1. The maximum atomic E-state index is 12.6.